The van der Waals surface area contributed by atoms with Gasteiger partial charge < -0.3 is 15.4 Å². The molecule has 1 saturated carbocycles. The van der Waals surface area contributed by atoms with Crippen LogP contribution < -0.4 is 10.6 Å². The Labute approximate surface area is 121 Å². The van der Waals surface area contributed by atoms with Crippen LogP contribution in [0.15, 0.2) is 0 Å². The number of nitrogens with one attached hydrogen (secondary N) is 2. The molecular formula is C15H28N2O3. The lowest BCUT2D eigenvalue weighted by molar-refractivity contribution is -0.125. The number of hydrogen-bond acceptors (Lipinski definition) is 3. The average molecular weight is 284 g/mol. The molecule has 5 nitrogen and oxygen atoms in total. The van der Waals surface area contributed by atoms with E-state index >= 15 is 0 Å². The molecule has 0 aromatic rings. The SMILES string of the molecule is CCOC(=O)NC(C(=O)NC1CCC(C)CC1)C(C)C. The number of carbonyl (C=O) groups excluding carboxylic acids is 2. The molecule has 0 aromatic carbocycles. The van der Waals surface area contributed by atoms with Crippen LogP contribution >= 0.6 is 0 Å². The second kappa shape index (κ2) is 8.12. The van der Waals surface area contributed by atoms with Gasteiger partial charge in [-0.3, -0.25) is 4.79 Å². The van der Waals surface area contributed by atoms with Crippen molar-refractivity contribution in [1.29, 1.82) is 0 Å². The van der Waals surface area contributed by atoms with Gasteiger partial charge in [0.2, 0.25) is 5.91 Å². The number of rotatable bonds is 5. The van der Waals surface area contributed by atoms with Gasteiger partial charge in [-0.15, -0.1) is 0 Å². The van der Waals surface area contributed by atoms with Crippen molar-refractivity contribution in [3.8, 4) is 0 Å². The van der Waals surface area contributed by atoms with Crippen molar-refractivity contribution < 1.29 is 14.3 Å². The number of amides is 2. The Bertz CT molecular complexity index is 323. The highest BCUT2D eigenvalue weighted by Gasteiger charge is 2.27. The average Bonchev–Trinajstić information content (AvgIpc) is 2.38. The summed E-state index contributed by atoms with van der Waals surface area (Å²) in [6.45, 7) is 8.13. The van der Waals surface area contributed by atoms with Gasteiger partial charge in [-0.2, -0.15) is 0 Å². The van der Waals surface area contributed by atoms with Crippen LogP contribution in [0.2, 0.25) is 0 Å². The lowest BCUT2D eigenvalue weighted by atomic mass is 9.87. The first-order chi connectivity index (χ1) is 9.43. The molecule has 0 bridgehead atoms. The maximum absolute atomic E-state index is 12.3. The van der Waals surface area contributed by atoms with E-state index in [9.17, 15) is 9.59 Å². The summed E-state index contributed by atoms with van der Waals surface area (Å²) in [5.41, 5.74) is 0. The van der Waals surface area contributed by atoms with Crippen LogP contribution in [0.1, 0.15) is 53.4 Å². The van der Waals surface area contributed by atoms with E-state index in [0.717, 1.165) is 31.6 Å². The third-order valence-corrected chi connectivity index (χ3v) is 3.86. The summed E-state index contributed by atoms with van der Waals surface area (Å²) in [4.78, 5) is 23.8. The summed E-state index contributed by atoms with van der Waals surface area (Å²) >= 11 is 0. The monoisotopic (exact) mass is 284 g/mol. The van der Waals surface area contributed by atoms with Gasteiger partial charge in [-0.1, -0.05) is 20.8 Å². The van der Waals surface area contributed by atoms with Crippen molar-refractivity contribution in [1.82, 2.24) is 10.6 Å². The van der Waals surface area contributed by atoms with Gasteiger partial charge in [0.1, 0.15) is 6.04 Å². The van der Waals surface area contributed by atoms with Crippen molar-refractivity contribution in [2.24, 2.45) is 11.8 Å². The predicted octanol–water partition coefficient (Wildman–Crippen LogP) is 2.45. The maximum atomic E-state index is 12.3. The zero-order chi connectivity index (χ0) is 15.1. The van der Waals surface area contributed by atoms with E-state index in [4.69, 9.17) is 4.74 Å². The van der Waals surface area contributed by atoms with Crippen LogP contribution in [0.5, 0.6) is 0 Å². The van der Waals surface area contributed by atoms with E-state index in [0.29, 0.717) is 6.61 Å². The molecule has 1 fully saturated rings. The highest BCUT2D eigenvalue weighted by molar-refractivity contribution is 5.86. The first-order valence-electron chi connectivity index (χ1n) is 7.67. The van der Waals surface area contributed by atoms with Gasteiger partial charge in [0.05, 0.1) is 6.61 Å². The second-order valence-corrected chi connectivity index (χ2v) is 6.05. The minimum absolute atomic E-state index is 0.0296. The van der Waals surface area contributed by atoms with Crippen LogP contribution in [0, 0.1) is 11.8 Å². The first kappa shape index (κ1) is 16.8. The molecule has 20 heavy (non-hydrogen) atoms. The highest BCUT2D eigenvalue weighted by Crippen LogP contribution is 2.23. The van der Waals surface area contributed by atoms with Crippen LogP contribution in [0.4, 0.5) is 4.79 Å². The van der Waals surface area contributed by atoms with Gasteiger partial charge in [0, 0.05) is 6.04 Å². The molecule has 0 aromatic heterocycles. The molecule has 2 amide bonds. The van der Waals surface area contributed by atoms with E-state index < -0.39 is 12.1 Å². The zero-order valence-electron chi connectivity index (χ0n) is 13.1. The van der Waals surface area contributed by atoms with Crippen LogP contribution in [0.25, 0.3) is 0 Å². The summed E-state index contributed by atoms with van der Waals surface area (Å²) in [6.07, 6.45) is 3.83. The zero-order valence-corrected chi connectivity index (χ0v) is 13.1. The summed E-state index contributed by atoms with van der Waals surface area (Å²) < 4.78 is 4.85. The molecule has 1 unspecified atom stereocenters. The summed E-state index contributed by atoms with van der Waals surface area (Å²) in [6, 6.07) is -0.294. The largest absolute Gasteiger partial charge is 0.450 e. The summed E-state index contributed by atoms with van der Waals surface area (Å²) in [7, 11) is 0. The fourth-order valence-corrected chi connectivity index (χ4v) is 2.53. The normalized spacial score (nSPS) is 24.1. The Balaban J connectivity index is 2.49. The second-order valence-electron chi connectivity index (χ2n) is 6.05. The Morgan fingerprint density at radius 3 is 2.30 bits per heavy atom. The third-order valence-electron chi connectivity index (χ3n) is 3.86. The molecule has 2 N–H and O–H groups in total. The number of carbonyl (C=O) groups is 2. The van der Waals surface area contributed by atoms with Crippen molar-refractivity contribution in [2.75, 3.05) is 6.61 Å². The molecule has 0 saturated heterocycles. The van der Waals surface area contributed by atoms with E-state index in [1.54, 1.807) is 6.92 Å². The van der Waals surface area contributed by atoms with Crippen LogP contribution in [-0.4, -0.2) is 30.7 Å². The highest BCUT2D eigenvalue weighted by atomic mass is 16.5. The standard InChI is InChI=1S/C15H28N2O3/c1-5-20-15(19)17-13(10(2)3)14(18)16-12-8-6-11(4)7-9-12/h10-13H,5-9H2,1-4H3,(H,16,18)(H,17,19). The summed E-state index contributed by atoms with van der Waals surface area (Å²) in [5.74, 6) is 0.677. The predicted molar refractivity (Wildman–Crippen MR) is 78.3 cm³/mol. The molecule has 0 heterocycles. The van der Waals surface area contributed by atoms with Crippen molar-refractivity contribution in [3.05, 3.63) is 0 Å². The van der Waals surface area contributed by atoms with E-state index in [1.807, 2.05) is 13.8 Å². The van der Waals surface area contributed by atoms with Crippen molar-refractivity contribution in [2.45, 2.75) is 65.5 Å². The molecule has 1 aliphatic rings. The molecule has 1 rings (SSSR count). The Hall–Kier alpha value is -1.26. The number of ether oxygens (including phenoxy) is 1. The molecule has 0 aliphatic heterocycles. The smallest absolute Gasteiger partial charge is 0.407 e. The number of hydrogen-bond donors (Lipinski definition) is 2. The summed E-state index contributed by atoms with van der Waals surface area (Å²) in [5, 5.41) is 5.70. The Morgan fingerprint density at radius 2 is 1.80 bits per heavy atom. The molecule has 0 spiro atoms. The fraction of sp³-hybridized carbons (Fsp3) is 0.867. The Morgan fingerprint density at radius 1 is 1.20 bits per heavy atom. The van der Waals surface area contributed by atoms with E-state index in [2.05, 4.69) is 17.6 Å². The molecule has 116 valence electrons. The lowest BCUT2D eigenvalue weighted by Gasteiger charge is -2.29. The van der Waals surface area contributed by atoms with E-state index in [-0.39, 0.29) is 17.9 Å². The van der Waals surface area contributed by atoms with Gasteiger partial charge in [0.25, 0.3) is 0 Å². The maximum Gasteiger partial charge on any atom is 0.407 e. The minimum atomic E-state index is -0.534. The topological polar surface area (TPSA) is 67.4 Å². The fourth-order valence-electron chi connectivity index (χ4n) is 2.53. The molecule has 0 radical (unpaired) electrons. The van der Waals surface area contributed by atoms with Gasteiger partial charge in [0.15, 0.2) is 0 Å². The van der Waals surface area contributed by atoms with Gasteiger partial charge in [-0.25, -0.2) is 4.79 Å². The lowest BCUT2D eigenvalue weighted by Crippen LogP contribution is -2.52. The van der Waals surface area contributed by atoms with Crippen LogP contribution in [0.3, 0.4) is 0 Å². The molecule has 1 atom stereocenters. The molecule has 1 aliphatic carbocycles. The van der Waals surface area contributed by atoms with Crippen molar-refractivity contribution >= 4 is 12.0 Å². The minimum Gasteiger partial charge on any atom is -0.450 e. The van der Waals surface area contributed by atoms with Crippen molar-refractivity contribution in [3.63, 3.8) is 0 Å². The molecule has 5 heteroatoms. The Kier molecular flexibility index (Phi) is 6.82. The molecular weight excluding hydrogens is 256 g/mol. The number of alkyl carbamates (subject to hydrolysis) is 1. The van der Waals surface area contributed by atoms with E-state index in [1.165, 1.54) is 0 Å². The van der Waals surface area contributed by atoms with Gasteiger partial charge in [-0.05, 0) is 44.4 Å². The quantitative estimate of drug-likeness (QED) is 0.815. The third kappa shape index (κ3) is 5.39. The van der Waals surface area contributed by atoms with Gasteiger partial charge >= 0.3 is 6.09 Å². The first-order valence-corrected chi connectivity index (χ1v) is 7.67. The van der Waals surface area contributed by atoms with Crippen LogP contribution in [-0.2, 0) is 9.53 Å².